The van der Waals surface area contributed by atoms with Crippen molar-refractivity contribution in [3.8, 4) is 0 Å². The summed E-state index contributed by atoms with van der Waals surface area (Å²) in [4.78, 5) is 46.9. The number of carbonyl (C=O) groups excluding carboxylic acids is 4. The van der Waals surface area contributed by atoms with Crippen LogP contribution in [0.3, 0.4) is 0 Å². The summed E-state index contributed by atoms with van der Waals surface area (Å²) in [5, 5.41) is 0. The van der Waals surface area contributed by atoms with Gasteiger partial charge in [-0.3, -0.25) is 19.2 Å². The van der Waals surface area contributed by atoms with E-state index in [1.54, 1.807) is 0 Å². The molecule has 5 unspecified atom stereocenters. The standard InChI is InChI=1S/C23H39NO10/c1-13(25)29-9-17-18(31-14(2)26)19(32-15(3)27)20(33-16(4)28)21(34-17)30-12-23(7,8)10-22(5,6)11-24/h17-21H,9-12,24H2,1-8H3. The van der Waals surface area contributed by atoms with Crippen LogP contribution in [0.2, 0.25) is 0 Å². The molecule has 0 amide bonds. The molecular formula is C23H39NO10. The van der Waals surface area contributed by atoms with Crippen LogP contribution in [0.25, 0.3) is 0 Å². The predicted octanol–water partition coefficient (Wildman–Crippen LogP) is 1.49. The molecule has 34 heavy (non-hydrogen) atoms. The molecule has 0 aromatic carbocycles. The third-order valence-corrected chi connectivity index (χ3v) is 5.10. The van der Waals surface area contributed by atoms with Gasteiger partial charge >= 0.3 is 23.9 Å². The van der Waals surface area contributed by atoms with Crippen LogP contribution in [-0.2, 0) is 47.6 Å². The first-order valence-electron chi connectivity index (χ1n) is 11.2. The van der Waals surface area contributed by atoms with Gasteiger partial charge < -0.3 is 34.2 Å². The van der Waals surface area contributed by atoms with E-state index in [4.69, 9.17) is 34.2 Å². The maximum atomic E-state index is 11.9. The van der Waals surface area contributed by atoms with Crippen LogP contribution in [0.4, 0.5) is 0 Å². The molecule has 11 nitrogen and oxygen atoms in total. The Morgan fingerprint density at radius 3 is 1.74 bits per heavy atom. The zero-order chi connectivity index (χ0) is 26.3. The van der Waals surface area contributed by atoms with Gasteiger partial charge in [-0.1, -0.05) is 27.7 Å². The van der Waals surface area contributed by atoms with Gasteiger partial charge in [0.15, 0.2) is 24.6 Å². The van der Waals surface area contributed by atoms with Gasteiger partial charge in [-0.25, -0.2) is 0 Å². The van der Waals surface area contributed by atoms with Crippen molar-refractivity contribution < 1.29 is 47.6 Å². The van der Waals surface area contributed by atoms with Crippen molar-refractivity contribution in [2.24, 2.45) is 16.6 Å². The van der Waals surface area contributed by atoms with Crippen LogP contribution < -0.4 is 5.73 Å². The van der Waals surface area contributed by atoms with Gasteiger partial charge in [0.1, 0.15) is 12.7 Å². The fraction of sp³-hybridized carbons (Fsp3) is 0.826. The van der Waals surface area contributed by atoms with Gasteiger partial charge in [0, 0.05) is 27.7 Å². The van der Waals surface area contributed by atoms with Crippen LogP contribution in [0.1, 0.15) is 61.8 Å². The lowest BCUT2D eigenvalue weighted by atomic mass is 9.75. The summed E-state index contributed by atoms with van der Waals surface area (Å²) in [6.07, 6.45) is -5.22. The van der Waals surface area contributed by atoms with Crippen molar-refractivity contribution in [3.63, 3.8) is 0 Å². The first kappa shape index (κ1) is 29.8. The van der Waals surface area contributed by atoms with Gasteiger partial charge in [-0.05, 0) is 23.8 Å². The minimum atomic E-state index is -1.26. The first-order valence-corrected chi connectivity index (χ1v) is 11.2. The normalized spacial score (nSPS) is 25.3. The largest absolute Gasteiger partial charge is 0.463 e. The number of esters is 4. The van der Waals surface area contributed by atoms with Crippen molar-refractivity contribution in [2.75, 3.05) is 19.8 Å². The Morgan fingerprint density at radius 1 is 0.765 bits per heavy atom. The van der Waals surface area contributed by atoms with E-state index in [1.807, 2.05) is 27.7 Å². The van der Waals surface area contributed by atoms with Crippen LogP contribution in [-0.4, -0.2) is 74.3 Å². The summed E-state index contributed by atoms with van der Waals surface area (Å²) in [5.74, 6) is -2.65. The van der Waals surface area contributed by atoms with Crippen molar-refractivity contribution in [1.82, 2.24) is 0 Å². The highest BCUT2D eigenvalue weighted by Gasteiger charge is 2.53. The molecule has 1 aliphatic heterocycles. The van der Waals surface area contributed by atoms with E-state index in [0.717, 1.165) is 6.42 Å². The molecule has 0 aromatic rings. The number of carbonyl (C=O) groups is 4. The molecule has 11 heteroatoms. The van der Waals surface area contributed by atoms with E-state index in [1.165, 1.54) is 27.7 Å². The first-order chi connectivity index (χ1) is 15.6. The molecule has 0 radical (unpaired) electrons. The summed E-state index contributed by atoms with van der Waals surface area (Å²) in [7, 11) is 0. The number of nitrogens with two attached hydrogens (primary N) is 1. The van der Waals surface area contributed by atoms with Crippen molar-refractivity contribution >= 4 is 23.9 Å². The van der Waals surface area contributed by atoms with Gasteiger partial charge in [0.05, 0.1) is 6.61 Å². The Kier molecular flexibility index (Phi) is 10.9. The molecule has 2 N–H and O–H groups in total. The van der Waals surface area contributed by atoms with E-state index in [2.05, 4.69) is 0 Å². The Labute approximate surface area is 200 Å². The third kappa shape index (κ3) is 9.94. The van der Waals surface area contributed by atoms with E-state index >= 15 is 0 Å². The molecule has 5 atom stereocenters. The Balaban J connectivity index is 3.28. The number of ether oxygens (including phenoxy) is 6. The zero-order valence-corrected chi connectivity index (χ0v) is 21.4. The fourth-order valence-corrected chi connectivity index (χ4v) is 4.05. The topological polar surface area (TPSA) is 150 Å². The second-order valence-corrected chi connectivity index (χ2v) is 10.1. The number of rotatable bonds is 11. The summed E-state index contributed by atoms with van der Waals surface area (Å²) in [6, 6.07) is 0. The monoisotopic (exact) mass is 489 g/mol. The SMILES string of the molecule is CC(=O)OCC1OC(OCC(C)(C)CC(C)(C)CN)C(OC(C)=O)C(OC(C)=O)C1OC(C)=O. The maximum Gasteiger partial charge on any atom is 0.303 e. The molecule has 0 spiro atoms. The second kappa shape index (κ2) is 12.5. The van der Waals surface area contributed by atoms with E-state index in [-0.39, 0.29) is 24.0 Å². The van der Waals surface area contributed by atoms with Gasteiger partial charge in [0.25, 0.3) is 0 Å². The summed E-state index contributed by atoms with van der Waals surface area (Å²) in [5.41, 5.74) is 5.38. The van der Waals surface area contributed by atoms with Gasteiger partial charge in [0.2, 0.25) is 0 Å². The number of hydrogen-bond donors (Lipinski definition) is 1. The summed E-state index contributed by atoms with van der Waals surface area (Å²) in [6.45, 7) is 13.2. The van der Waals surface area contributed by atoms with Gasteiger partial charge in [-0.15, -0.1) is 0 Å². The molecule has 0 aromatic heterocycles. The Morgan fingerprint density at radius 2 is 1.26 bits per heavy atom. The minimum Gasteiger partial charge on any atom is -0.463 e. The lowest BCUT2D eigenvalue weighted by Crippen LogP contribution is -2.63. The minimum absolute atomic E-state index is 0.145. The summed E-state index contributed by atoms with van der Waals surface area (Å²) < 4.78 is 33.2. The van der Waals surface area contributed by atoms with Crippen molar-refractivity contribution in [3.05, 3.63) is 0 Å². The average Bonchev–Trinajstić information content (AvgIpc) is 2.66. The molecule has 1 heterocycles. The molecule has 1 saturated heterocycles. The molecular weight excluding hydrogens is 450 g/mol. The predicted molar refractivity (Wildman–Crippen MR) is 119 cm³/mol. The van der Waals surface area contributed by atoms with Crippen LogP contribution in [0, 0.1) is 10.8 Å². The van der Waals surface area contributed by atoms with Crippen molar-refractivity contribution in [1.29, 1.82) is 0 Å². The van der Waals surface area contributed by atoms with E-state index < -0.39 is 54.6 Å². The highest BCUT2D eigenvalue weighted by Crippen LogP contribution is 2.35. The van der Waals surface area contributed by atoms with Gasteiger partial charge in [-0.2, -0.15) is 0 Å². The van der Waals surface area contributed by atoms with Crippen LogP contribution >= 0.6 is 0 Å². The maximum absolute atomic E-state index is 11.9. The molecule has 196 valence electrons. The molecule has 0 saturated carbocycles. The molecule has 1 rings (SSSR count). The summed E-state index contributed by atoms with van der Waals surface area (Å²) >= 11 is 0. The smallest absolute Gasteiger partial charge is 0.303 e. The van der Waals surface area contributed by atoms with Crippen molar-refractivity contribution in [2.45, 2.75) is 92.5 Å². The lowest BCUT2D eigenvalue weighted by Gasteiger charge is -2.45. The Hall–Kier alpha value is -2.24. The second-order valence-electron chi connectivity index (χ2n) is 10.1. The highest BCUT2D eigenvalue weighted by molar-refractivity contribution is 5.68. The Bertz CT molecular complexity index is 735. The highest BCUT2D eigenvalue weighted by atomic mass is 16.7. The average molecular weight is 490 g/mol. The third-order valence-electron chi connectivity index (χ3n) is 5.10. The quantitative estimate of drug-likeness (QED) is 0.332. The molecule has 1 fully saturated rings. The lowest BCUT2D eigenvalue weighted by molar-refractivity contribution is -0.312. The van der Waals surface area contributed by atoms with Crippen LogP contribution in [0.15, 0.2) is 0 Å². The van der Waals surface area contributed by atoms with E-state index in [0.29, 0.717) is 6.54 Å². The molecule has 1 aliphatic rings. The number of hydrogen-bond acceptors (Lipinski definition) is 11. The van der Waals surface area contributed by atoms with Crippen LogP contribution in [0.5, 0.6) is 0 Å². The zero-order valence-electron chi connectivity index (χ0n) is 21.4. The molecule has 0 aliphatic carbocycles. The van der Waals surface area contributed by atoms with E-state index in [9.17, 15) is 19.2 Å². The molecule has 0 bridgehead atoms. The fourth-order valence-electron chi connectivity index (χ4n) is 4.05.